The van der Waals surface area contributed by atoms with Crippen molar-refractivity contribution in [3.63, 3.8) is 0 Å². The van der Waals surface area contributed by atoms with Gasteiger partial charge in [-0.05, 0) is 13.3 Å². The molecule has 17 heavy (non-hydrogen) atoms. The summed E-state index contributed by atoms with van der Waals surface area (Å²) in [7, 11) is 0. The standard InChI is InChI=1S/C10H13F3N4/c1-6-15-8(10(11,12)13)4-9(16-6)17-3-2-7(14)5-17/h4,7H,2-3,5,14H2,1H3/t7-/m1/s1. The second kappa shape index (κ2) is 4.14. The zero-order chi connectivity index (χ0) is 12.6. The van der Waals surface area contributed by atoms with Crippen LogP contribution in [0.25, 0.3) is 0 Å². The van der Waals surface area contributed by atoms with Gasteiger partial charge in [-0.15, -0.1) is 0 Å². The van der Waals surface area contributed by atoms with Crippen LogP contribution in [0.4, 0.5) is 19.0 Å². The fourth-order valence-corrected chi connectivity index (χ4v) is 1.85. The summed E-state index contributed by atoms with van der Waals surface area (Å²) in [5.74, 6) is 0.424. The molecule has 0 saturated carbocycles. The first-order valence-corrected chi connectivity index (χ1v) is 5.29. The lowest BCUT2D eigenvalue weighted by atomic mass is 10.3. The monoisotopic (exact) mass is 246 g/mol. The summed E-state index contributed by atoms with van der Waals surface area (Å²) in [5, 5.41) is 0. The van der Waals surface area contributed by atoms with Crippen LogP contribution in [-0.2, 0) is 6.18 Å². The van der Waals surface area contributed by atoms with Crippen molar-refractivity contribution in [1.82, 2.24) is 9.97 Å². The Kier molecular flexibility index (Phi) is 2.94. The van der Waals surface area contributed by atoms with Gasteiger partial charge in [0.25, 0.3) is 0 Å². The average molecular weight is 246 g/mol. The highest BCUT2D eigenvalue weighted by Gasteiger charge is 2.34. The summed E-state index contributed by atoms with van der Waals surface area (Å²) in [6.07, 6.45) is -3.67. The van der Waals surface area contributed by atoms with E-state index in [9.17, 15) is 13.2 Å². The van der Waals surface area contributed by atoms with E-state index in [0.29, 0.717) is 18.9 Å². The predicted octanol–water partition coefficient (Wildman–Crippen LogP) is 1.34. The largest absolute Gasteiger partial charge is 0.433 e. The van der Waals surface area contributed by atoms with Gasteiger partial charge in [-0.2, -0.15) is 13.2 Å². The van der Waals surface area contributed by atoms with Gasteiger partial charge in [0, 0.05) is 25.2 Å². The molecule has 0 aromatic carbocycles. The van der Waals surface area contributed by atoms with E-state index in [4.69, 9.17) is 5.73 Å². The Balaban J connectivity index is 2.32. The average Bonchev–Trinajstić information content (AvgIpc) is 2.62. The molecule has 1 fully saturated rings. The van der Waals surface area contributed by atoms with Gasteiger partial charge in [0.05, 0.1) is 0 Å². The van der Waals surface area contributed by atoms with Crippen molar-refractivity contribution in [2.24, 2.45) is 5.73 Å². The van der Waals surface area contributed by atoms with Crippen molar-refractivity contribution in [2.75, 3.05) is 18.0 Å². The van der Waals surface area contributed by atoms with Gasteiger partial charge in [0.2, 0.25) is 0 Å². The van der Waals surface area contributed by atoms with Crippen LogP contribution >= 0.6 is 0 Å². The summed E-state index contributed by atoms with van der Waals surface area (Å²) in [6, 6.07) is 0.977. The molecule has 1 aromatic rings. The predicted molar refractivity (Wildman–Crippen MR) is 56.6 cm³/mol. The third kappa shape index (κ3) is 2.66. The fraction of sp³-hybridized carbons (Fsp3) is 0.600. The number of nitrogens with zero attached hydrogens (tertiary/aromatic N) is 3. The molecule has 2 N–H and O–H groups in total. The molecule has 0 spiro atoms. The third-order valence-corrected chi connectivity index (χ3v) is 2.66. The molecule has 0 amide bonds. The zero-order valence-electron chi connectivity index (χ0n) is 9.33. The SMILES string of the molecule is Cc1nc(N2CC[C@@H](N)C2)cc(C(F)(F)F)n1. The number of anilines is 1. The summed E-state index contributed by atoms with van der Waals surface area (Å²) in [4.78, 5) is 9.18. The third-order valence-electron chi connectivity index (χ3n) is 2.66. The molecular formula is C10H13F3N4. The molecular weight excluding hydrogens is 233 g/mol. The smallest absolute Gasteiger partial charge is 0.355 e. The Morgan fingerprint density at radius 3 is 2.65 bits per heavy atom. The van der Waals surface area contributed by atoms with Crippen LogP contribution in [0.2, 0.25) is 0 Å². The molecule has 1 aliphatic heterocycles. The highest BCUT2D eigenvalue weighted by Crippen LogP contribution is 2.30. The number of nitrogens with two attached hydrogens (primary N) is 1. The normalized spacial score (nSPS) is 21.0. The van der Waals surface area contributed by atoms with Gasteiger partial charge in [0.1, 0.15) is 17.3 Å². The van der Waals surface area contributed by atoms with Crippen LogP contribution in [0.3, 0.4) is 0 Å². The van der Waals surface area contributed by atoms with E-state index >= 15 is 0 Å². The van der Waals surface area contributed by atoms with Gasteiger partial charge in [0.15, 0.2) is 0 Å². The highest BCUT2D eigenvalue weighted by atomic mass is 19.4. The second-order valence-corrected chi connectivity index (χ2v) is 4.15. The van der Waals surface area contributed by atoms with E-state index in [1.165, 1.54) is 6.92 Å². The molecule has 1 aromatic heterocycles. The Morgan fingerprint density at radius 2 is 2.12 bits per heavy atom. The van der Waals surface area contributed by atoms with E-state index in [1.54, 1.807) is 4.90 Å². The number of hydrogen-bond donors (Lipinski definition) is 1. The quantitative estimate of drug-likeness (QED) is 0.812. The van der Waals surface area contributed by atoms with E-state index in [0.717, 1.165) is 12.5 Å². The molecule has 1 atom stereocenters. The van der Waals surface area contributed by atoms with Crippen LogP contribution in [-0.4, -0.2) is 29.1 Å². The first kappa shape index (κ1) is 12.1. The van der Waals surface area contributed by atoms with E-state index in [1.807, 2.05) is 0 Å². The van der Waals surface area contributed by atoms with Gasteiger partial charge in [-0.1, -0.05) is 0 Å². The summed E-state index contributed by atoms with van der Waals surface area (Å²) >= 11 is 0. The zero-order valence-corrected chi connectivity index (χ0v) is 9.33. The Hall–Kier alpha value is -1.37. The van der Waals surface area contributed by atoms with Crippen LogP contribution in [0.15, 0.2) is 6.07 Å². The van der Waals surface area contributed by atoms with Crippen molar-refractivity contribution in [2.45, 2.75) is 25.6 Å². The van der Waals surface area contributed by atoms with E-state index < -0.39 is 11.9 Å². The molecule has 0 radical (unpaired) electrons. The number of aromatic nitrogens is 2. The molecule has 2 rings (SSSR count). The molecule has 2 heterocycles. The maximum absolute atomic E-state index is 12.6. The van der Waals surface area contributed by atoms with Crippen LogP contribution in [0.5, 0.6) is 0 Å². The number of rotatable bonds is 1. The Labute approximate surface area is 96.7 Å². The van der Waals surface area contributed by atoms with Gasteiger partial charge in [-0.3, -0.25) is 0 Å². The summed E-state index contributed by atoms with van der Waals surface area (Å²) in [5.41, 5.74) is 4.81. The maximum Gasteiger partial charge on any atom is 0.433 e. The van der Waals surface area contributed by atoms with Gasteiger partial charge >= 0.3 is 6.18 Å². The number of halogens is 3. The van der Waals surface area contributed by atoms with Crippen LogP contribution in [0.1, 0.15) is 17.9 Å². The van der Waals surface area contributed by atoms with Crippen LogP contribution in [0, 0.1) is 6.92 Å². The minimum absolute atomic E-state index is 0.000363. The summed E-state index contributed by atoms with van der Waals surface area (Å²) in [6.45, 7) is 2.62. The van der Waals surface area contributed by atoms with Crippen molar-refractivity contribution >= 4 is 5.82 Å². The molecule has 1 saturated heterocycles. The topological polar surface area (TPSA) is 55.0 Å². The fourth-order valence-electron chi connectivity index (χ4n) is 1.85. The molecule has 0 aliphatic carbocycles. The lowest BCUT2D eigenvalue weighted by molar-refractivity contribution is -0.141. The highest BCUT2D eigenvalue weighted by molar-refractivity contribution is 5.42. The lowest BCUT2D eigenvalue weighted by Gasteiger charge is -2.18. The Morgan fingerprint density at radius 1 is 1.41 bits per heavy atom. The van der Waals surface area contributed by atoms with Gasteiger partial charge < -0.3 is 10.6 Å². The van der Waals surface area contributed by atoms with Crippen molar-refractivity contribution in [3.8, 4) is 0 Å². The molecule has 94 valence electrons. The minimum Gasteiger partial charge on any atom is -0.355 e. The van der Waals surface area contributed by atoms with E-state index in [2.05, 4.69) is 9.97 Å². The molecule has 0 unspecified atom stereocenters. The Bertz CT molecular complexity index is 419. The number of alkyl halides is 3. The molecule has 0 bridgehead atoms. The second-order valence-electron chi connectivity index (χ2n) is 4.15. The minimum atomic E-state index is -4.44. The van der Waals surface area contributed by atoms with Crippen LogP contribution < -0.4 is 10.6 Å². The first-order valence-electron chi connectivity index (χ1n) is 5.29. The summed E-state index contributed by atoms with van der Waals surface area (Å²) < 4.78 is 37.7. The number of aryl methyl sites for hydroxylation is 1. The molecule has 4 nitrogen and oxygen atoms in total. The van der Waals surface area contributed by atoms with Crippen molar-refractivity contribution in [1.29, 1.82) is 0 Å². The number of hydrogen-bond acceptors (Lipinski definition) is 4. The molecule has 7 heteroatoms. The lowest BCUT2D eigenvalue weighted by Crippen LogP contribution is -2.27. The van der Waals surface area contributed by atoms with Crippen molar-refractivity contribution in [3.05, 3.63) is 17.6 Å². The first-order chi connectivity index (χ1) is 7.86. The van der Waals surface area contributed by atoms with Gasteiger partial charge in [-0.25, -0.2) is 9.97 Å². The van der Waals surface area contributed by atoms with E-state index in [-0.39, 0.29) is 11.9 Å². The molecule has 1 aliphatic rings. The van der Waals surface area contributed by atoms with Crippen molar-refractivity contribution < 1.29 is 13.2 Å². The maximum atomic E-state index is 12.6.